The van der Waals surface area contributed by atoms with E-state index in [1.807, 2.05) is 12.1 Å². The smallest absolute Gasteiger partial charge is 0.253 e. The Labute approximate surface area is 188 Å². The van der Waals surface area contributed by atoms with Gasteiger partial charge < -0.3 is 19.7 Å². The van der Waals surface area contributed by atoms with Crippen molar-refractivity contribution in [3.05, 3.63) is 59.4 Å². The van der Waals surface area contributed by atoms with Crippen molar-refractivity contribution >= 4 is 11.8 Å². The van der Waals surface area contributed by atoms with E-state index in [9.17, 15) is 14.0 Å². The Hall–Kier alpha value is -3.09. The van der Waals surface area contributed by atoms with Gasteiger partial charge in [-0.25, -0.2) is 4.39 Å². The van der Waals surface area contributed by atoms with Gasteiger partial charge in [-0.3, -0.25) is 9.59 Å². The Morgan fingerprint density at radius 2 is 1.81 bits per heavy atom. The fraction of sp³-hybridized carbons (Fsp3) is 0.440. The van der Waals surface area contributed by atoms with Crippen LogP contribution in [0.1, 0.15) is 42.1 Å². The third kappa shape index (κ3) is 5.39. The third-order valence-electron chi connectivity index (χ3n) is 5.90. The summed E-state index contributed by atoms with van der Waals surface area (Å²) in [5, 5.41) is 3.03. The number of benzene rings is 2. The minimum absolute atomic E-state index is 0.0806. The van der Waals surface area contributed by atoms with Gasteiger partial charge in [0.1, 0.15) is 17.3 Å². The largest absolute Gasteiger partial charge is 0.497 e. The van der Waals surface area contributed by atoms with E-state index < -0.39 is 11.7 Å². The van der Waals surface area contributed by atoms with Crippen LogP contribution in [-0.4, -0.2) is 50.6 Å². The Balaban J connectivity index is 1.88. The molecule has 2 aromatic rings. The summed E-state index contributed by atoms with van der Waals surface area (Å²) in [5.74, 6) is 0.390. The molecule has 0 radical (unpaired) electrons. The molecule has 0 saturated carbocycles. The first-order chi connectivity index (χ1) is 15.3. The van der Waals surface area contributed by atoms with E-state index >= 15 is 0 Å². The molecule has 0 aliphatic carbocycles. The first-order valence-corrected chi connectivity index (χ1v) is 10.9. The molecule has 0 bridgehead atoms. The lowest BCUT2D eigenvalue weighted by atomic mass is 9.87. The lowest BCUT2D eigenvalue weighted by Crippen LogP contribution is -2.36. The number of methoxy groups -OCH3 is 2. The summed E-state index contributed by atoms with van der Waals surface area (Å²) >= 11 is 0. The lowest BCUT2D eigenvalue weighted by molar-refractivity contribution is -0.124. The van der Waals surface area contributed by atoms with Crippen LogP contribution >= 0.6 is 0 Å². The molecular weight excluding hydrogens is 411 g/mol. The van der Waals surface area contributed by atoms with Gasteiger partial charge in [0.05, 0.1) is 20.1 Å². The molecule has 0 unspecified atom stereocenters. The SMILES string of the molecule is COc1ccc([C@@H]2CN(C(=O)c3ccc(F)cc3)C[C@@H]2C(=O)NCCC(C)C)c(OC)c1. The minimum atomic E-state index is -0.422. The third-order valence-corrected chi connectivity index (χ3v) is 5.90. The van der Waals surface area contributed by atoms with Crippen LogP contribution in [0.15, 0.2) is 42.5 Å². The predicted molar refractivity (Wildman–Crippen MR) is 121 cm³/mol. The summed E-state index contributed by atoms with van der Waals surface area (Å²) in [4.78, 5) is 27.9. The van der Waals surface area contributed by atoms with Crippen molar-refractivity contribution < 1.29 is 23.5 Å². The van der Waals surface area contributed by atoms with E-state index in [0.29, 0.717) is 36.1 Å². The van der Waals surface area contributed by atoms with Crippen molar-refractivity contribution in [1.82, 2.24) is 10.2 Å². The number of hydrogen-bond acceptors (Lipinski definition) is 4. The molecule has 0 spiro atoms. The van der Waals surface area contributed by atoms with E-state index in [1.54, 1.807) is 25.2 Å². The van der Waals surface area contributed by atoms with Gasteiger partial charge in [0.15, 0.2) is 0 Å². The number of amides is 2. The molecule has 1 fully saturated rings. The van der Waals surface area contributed by atoms with Crippen LogP contribution in [0, 0.1) is 17.7 Å². The summed E-state index contributed by atoms with van der Waals surface area (Å²) in [5.41, 5.74) is 1.25. The molecule has 172 valence electrons. The fourth-order valence-electron chi connectivity index (χ4n) is 4.07. The number of nitrogens with zero attached hydrogens (tertiary/aromatic N) is 1. The molecule has 7 heteroatoms. The van der Waals surface area contributed by atoms with Crippen LogP contribution in [0.2, 0.25) is 0 Å². The summed E-state index contributed by atoms with van der Waals surface area (Å²) in [6, 6.07) is 11.0. The number of nitrogens with one attached hydrogen (secondary N) is 1. The summed E-state index contributed by atoms with van der Waals surface area (Å²) in [6.07, 6.45) is 0.882. The van der Waals surface area contributed by atoms with Gasteiger partial charge in [-0.05, 0) is 42.7 Å². The van der Waals surface area contributed by atoms with E-state index in [0.717, 1.165) is 12.0 Å². The van der Waals surface area contributed by atoms with Crippen molar-refractivity contribution in [3.8, 4) is 11.5 Å². The molecule has 1 aliphatic heterocycles. The van der Waals surface area contributed by atoms with E-state index in [2.05, 4.69) is 19.2 Å². The monoisotopic (exact) mass is 442 g/mol. The topological polar surface area (TPSA) is 67.9 Å². The van der Waals surface area contributed by atoms with Crippen molar-refractivity contribution in [1.29, 1.82) is 0 Å². The summed E-state index contributed by atoms with van der Waals surface area (Å²) < 4.78 is 24.2. The minimum Gasteiger partial charge on any atom is -0.497 e. The summed E-state index contributed by atoms with van der Waals surface area (Å²) in [7, 11) is 3.16. The second-order valence-corrected chi connectivity index (χ2v) is 8.51. The van der Waals surface area contributed by atoms with E-state index in [1.165, 1.54) is 24.3 Å². The van der Waals surface area contributed by atoms with Crippen LogP contribution < -0.4 is 14.8 Å². The maximum Gasteiger partial charge on any atom is 0.253 e. The maximum atomic E-state index is 13.3. The number of carbonyl (C=O) groups is 2. The van der Waals surface area contributed by atoms with Gasteiger partial charge in [-0.15, -0.1) is 0 Å². The number of likely N-dealkylation sites (tertiary alicyclic amines) is 1. The lowest BCUT2D eigenvalue weighted by Gasteiger charge is -2.21. The molecule has 1 saturated heterocycles. The molecule has 1 heterocycles. The number of ether oxygens (including phenoxy) is 2. The van der Waals surface area contributed by atoms with Crippen LogP contribution in [-0.2, 0) is 4.79 Å². The van der Waals surface area contributed by atoms with Crippen molar-refractivity contribution in [2.24, 2.45) is 11.8 Å². The van der Waals surface area contributed by atoms with Gasteiger partial charge in [0.2, 0.25) is 5.91 Å². The fourth-order valence-corrected chi connectivity index (χ4v) is 4.07. The van der Waals surface area contributed by atoms with Crippen LogP contribution in [0.5, 0.6) is 11.5 Å². The second-order valence-electron chi connectivity index (χ2n) is 8.51. The highest BCUT2D eigenvalue weighted by Crippen LogP contribution is 2.39. The van der Waals surface area contributed by atoms with E-state index in [4.69, 9.17) is 9.47 Å². The van der Waals surface area contributed by atoms with Gasteiger partial charge in [0, 0.05) is 42.7 Å². The average Bonchev–Trinajstić information content (AvgIpc) is 3.23. The molecule has 1 aliphatic rings. The highest BCUT2D eigenvalue weighted by molar-refractivity contribution is 5.95. The molecule has 32 heavy (non-hydrogen) atoms. The number of rotatable bonds is 8. The van der Waals surface area contributed by atoms with Crippen molar-refractivity contribution in [2.45, 2.75) is 26.2 Å². The highest BCUT2D eigenvalue weighted by Gasteiger charge is 2.41. The molecule has 3 rings (SSSR count). The number of carbonyl (C=O) groups excluding carboxylic acids is 2. The van der Waals surface area contributed by atoms with Crippen LogP contribution in [0.3, 0.4) is 0 Å². The van der Waals surface area contributed by atoms with Crippen LogP contribution in [0.4, 0.5) is 4.39 Å². The maximum absolute atomic E-state index is 13.3. The van der Waals surface area contributed by atoms with Crippen molar-refractivity contribution in [2.75, 3.05) is 33.9 Å². The average molecular weight is 443 g/mol. The standard InChI is InChI=1S/C25H31FN2O4/c1-16(2)11-12-27-24(29)22-15-28(25(30)17-5-7-18(26)8-6-17)14-21(22)20-10-9-19(31-3)13-23(20)32-4/h5-10,13,16,21-22H,11-12,14-15H2,1-4H3,(H,27,29)/t21-,22-/m0/s1. The Kier molecular flexibility index (Phi) is 7.72. The second kappa shape index (κ2) is 10.5. The van der Waals surface area contributed by atoms with Gasteiger partial charge >= 0.3 is 0 Å². The van der Waals surface area contributed by atoms with Crippen molar-refractivity contribution in [3.63, 3.8) is 0 Å². The predicted octanol–water partition coefficient (Wildman–Crippen LogP) is 3.86. The van der Waals surface area contributed by atoms with Crippen LogP contribution in [0.25, 0.3) is 0 Å². The zero-order valence-electron chi connectivity index (χ0n) is 19.1. The zero-order chi connectivity index (χ0) is 23.3. The molecular formula is C25H31FN2O4. The first-order valence-electron chi connectivity index (χ1n) is 10.9. The van der Waals surface area contributed by atoms with Gasteiger partial charge in [0.25, 0.3) is 5.91 Å². The molecule has 2 atom stereocenters. The normalized spacial score (nSPS) is 18.0. The highest BCUT2D eigenvalue weighted by atomic mass is 19.1. The molecule has 1 N–H and O–H groups in total. The number of hydrogen-bond donors (Lipinski definition) is 1. The number of halogens is 1. The van der Waals surface area contributed by atoms with Gasteiger partial charge in [-0.2, -0.15) is 0 Å². The summed E-state index contributed by atoms with van der Waals surface area (Å²) in [6.45, 7) is 5.45. The Morgan fingerprint density at radius 1 is 1.09 bits per heavy atom. The van der Waals surface area contributed by atoms with Gasteiger partial charge in [-0.1, -0.05) is 19.9 Å². The molecule has 2 aromatic carbocycles. The van der Waals surface area contributed by atoms with E-state index in [-0.39, 0.29) is 24.3 Å². The quantitative estimate of drug-likeness (QED) is 0.674. The zero-order valence-corrected chi connectivity index (χ0v) is 19.1. The molecule has 2 amide bonds. The molecule has 0 aromatic heterocycles. The Bertz CT molecular complexity index is 945. The molecule has 6 nitrogen and oxygen atoms in total. The first kappa shape index (κ1) is 23.6. The Morgan fingerprint density at radius 3 is 2.44 bits per heavy atom.